The maximum absolute atomic E-state index is 12.1. The van der Waals surface area contributed by atoms with E-state index in [1.54, 1.807) is 19.0 Å². The number of hydrogen-bond donors (Lipinski definition) is 2. The number of aliphatic hydroxyl groups excluding tert-OH is 1. The Hall–Kier alpha value is -0.650. The monoisotopic (exact) mass is 257 g/mol. The maximum Gasteiger partial charge on any atom is 0.240 e. The zero-order valence-electron chi connectivity index (χ0n) is 12.2. The van der Waals surface area contributed by atoms with E-state index in [1.165, 1.54) is 0 Å². The van der Waals surface area contributed by atoms with E-state index in [0.29, 0.717) is 13.1 Å². The molecule has 2 N–H and O–H groups in total. The van der Waals surface area contributed by atoms with Crippen molar-refractivity contribution in [3.8, 4) is 0 Å². The molecule has 1 amide bonds. The minimum Gasteiger partial charge on any atom is -0.391 e. The van der Waals surface area contributed by atoms with Crippen molar-refractivity contribution in [1.29, 1.82) is 0 Å². The van der Waals surface area contributed by atoms with E-state index in [0.717, 1.165) is 13.1 Å². The molecule has 2 unspecified atom stereocenters. The van der Waals surface area contributed by atoms with Crippen molar-refractivity contribution in [3.05, 3.63) is 0 Å². The summed E-state index contributed by atoms with van der Waals surface area (Å²) in [4.78, 5) is 15.8. The fraction of sp³-hybridized carbons (Fsp3) is 0.923. The van der Waals surface area contributed by atoms with Crippen LogP contribution in [0, 0.1) is 5.41 Å². The van der Waals surface area contributed by atoms with Crippen LogP contribution in [0.3, 0.4) is 0 Å². The van der Waals surface area contributed by atoms with Gasteiger partial charge < -0.3 is 15.3 Å². The number of carbonyl (C=O) groups excluding carboxylic acids is 1. The summed E-state index contributed by atoms with van der Waals surface area (Å²) in [7, 11) is 3.55. The van der Waals surface area contributed by atoms with E-state index in [-0.39, 0.29) is 17.4 Å². The molecular formula is C13H27N3O2. The number of β-amino-alcohol motifs (C(OH)–C–C–N with tert-alkyl or cyclic N) is 1. The third-order valence-electron chi connectivity index (χ3n) is 3.49. The molecule has 0 spiro atoms. The Morgan fingerprint density at radius 2 is 2.11 bits per heavy atom. The van der Waals surface area contributed by atoms with E-state index in [2.05, 4.69) is 10.2 Å². The lowest BCUT2D eigenvalue weighted by atomic mass is 9.88. The Balaban J connectivity index is 2.68. The van der Waals surface area contributed by atoms with Crippen LogP contribution in [0.25, 0.3) is 0 Å². The summed E-state index contributed by atoms with van der Waals surface area (Å²) in [6.45, 7) is 8.93. The third-order valence-corrected chi connectivity index (χ3v) is 3.49. The van der Waals surface area contributed by atoms with Gasteiger partial charge in [0.15, 0.2) is 0 Å². The van der Waals surface area contributed by atoms with Gasteiger partial charge in [-0.15, -0.1) is 0 Å². The predicted octanol–water partition coefficient (Wildman–Crippen LogP) is -0.245. The first kappa shape index (κ1) is 15.4. The number of piperazine rings is 1. The Kier molecular flexibility index (Phi) is 5.13. The summed E-state index contributed by atoms with van der Waals surface area (Å²) in [5, 5.41) is 13.4. The third kappa shape index (κ3) is 3.93. The first-order valence-corrected chi connectivity index (χ1v) is 6.57. The van der Waals surface area contributed by atoms with Gasteiger partial charge in [-0.1, -0.05) is 20.8 Å². The lowest BCUT2D eigenvalue weighted by Crippen LogP contribution is -2.59. The summed E-state index contributed by atoms with van der Waals surface area (Å²) in [6.07, 6.45) is -0.423. The molecule has 0 bridgehead atoms. The van der Waals surface area contributed by atoms with Crippen molar-refractivity contribution < 1.29 is 9.90 Å². The van der Waals surface area contributed by atoms with Crippen LogP contribution in [0.15, 0.2) is 0 Å². The van der Waals surface area contributed by atoms with Crippen LogP contribution >= 0.6 is 0 Å². The SMILES string of the molecule is CN(C)C(=O)C1CNCCN1CC(O)C(C)(C)C. The first-order valence-electron chi connectivity index (χ1n) is 6.57. The molecule has 0 aromatic carbocycles. The number of carbonyl (C=O) groups is 1. The second-order valence-corrected chi connectivity index (χ2v) is 6.33. The predicted molar refractivity (Wildman–Crippen MR) is 72.4 cm³/mol. The molecule has 18 heavy (non-hydrogen) atoms. The zero-order valence-corrected chi connectivity index (χ0v) is 12.2. The number of amides is 1. The molecule has 5 heteroatoms. The molecule has 2 atom stereocenters. The van der Waals surface area contributed by atoms with Crippen LogP contribution < -0.4 is 5.32 Å². The Bertz CT molecular complexity index is 286. The average Bonchev–Trinajstić information content (AvgIpc) is 2.27. The summed E-state index contributed by atoms with van der Waals surface area (Å²) in [5.74, 6) is 0.100. The van der Waals surface area contributed by atoms with Crippen LogP contribution in [0.2, 0.25) is 0 Å². The van der Waals surface area contributed by atoms with Gasteiger partial charge in [0.2, 0.25) is 5.91 Å². The van der Waals surface area contributed by atoms with Crippen LogP contribution in [-0.2, 0) is 4.79 Å². The van der Waals surface area contributed by atoms with Gasteiger partial charge in [0.05, 0.1) is 6.10 Å². The smallest absolute Gasteiger partial charge is 0.240 e. The van der Waals surface area contributed by atoms with Gasteiger partial charge in [-0.3, -0.25) is 9.69 Å². The largest absolute Gasteiger partial charge is 0.391 e. The first-order chi connectivity index (χ1) is 8.23. The molecular weight excluding hydrogens is 230 g/mol. The molecule has 0 saturated carbocycles. The second kappa shape index (κ2) is 5.99. The number of aliphatic hydroxyl groups is 1. The summed E-state index contributed by atoms with van der Waals surface area (Å²) < 4.78 is 0. The van der Waals surface area contributed by atoms with Crippen molar-refractivity contribution in [2.75, 3.05) is 40.3 Å². The van der Waals surface area contributed by atoms with Crippen LogP contribution in [0.1, 0.15) is 20.8 Å². The van der Waals surface area contributed by atoms with Gasteiger partial charge in [0, 0.05) is 40.3 Å². The molecule has 0 aromatic rings. The van der Waals surface area contributed by atoms with E-state index in [4.69, 9.17) is 0 Å². The highest BCUT2D eigenvalue weighted by Gasteiger charge is 2.33. The van der Waals surface area contributed by atoms with Crippen molar-refractivity contribution in [2.24, 2.45) is 5.41 Å². The summed E-state index contributed by atoms with van der Waals surface area (Å²) in [6, 6.07) is -0.161. The molecule has 1 aliphatic heterocycles. The van der Waals surface area contributed by atoms with Gasteiger partial charge in [-0.25, -0.2) is 0 Å². The van der Waals surface area contributed by atoms with E-state index >= 15 is 0 Å². The zero-order chi connectivity index (χ0) is 13.9. The van der Waals surface area contributed by atoms with Gasteiger partial charge in [0.25, 0.3) is 0 Å². The highest BCUT2D eigenvalue weighted by atomic mass is 16.3. The lowest BCUT2D eigenvalue weighted by molar-refractivity contribution is -0.136. The lowest BCUT2D eigenvalue weighted by Gasteiger charge is -2.39. The van der Waals surface area contributed by atoms with Gasteiger partial charge in [-0.05, 0) is 5.41 Å². The number of rotatable bonds is 3. The summed E-state index contributed by atoms with van der Waals surface area (Å²) >= 11 is 0. The van der Waals surface area contributed by atoms with Gasteiger partial charge in [0.1, 0.15) is 6.04 Å². The molecule has 0 aliphatic carbocycles. The minimum atomic E-state index is -0.423. The quantitative estimate of drug-likeness (QED) is 0.732. The molecule has 106 valence electrons. The van der Waals surface area contributed by atoms with E-state index in [1.807, 2.05) is 20.8 Å². The average molecular weight is 257 g/mol. The molecule has 0 radical (unpaired) electrons. The molecule has 1 saturated heterocycles. The number of likely N-dealkylation sites (N-methyl/N-ethyl adjacent to an activating group) is 1. The Morgan fingerprint density at radius 1 is 1.50 bits per heavy atom. The fourth-order valence-electron chi connectivity index (χ4n) is 2.00. The number of nitrogens with one attached hydrogen (secondary N) is 1. The Morgan fingerprint density at radius 3 is 2.61 bits per heavy atom. The molecule has 1 heterocycles. The highest BCUT2D eigenvalue weighted by Crippen LogP contribution is 2.21. The van der Waals surface area contributed by atoms with Gasteiger partial charge in [-0.2, -0.15) is 0 Å². The maximum atomic E-state index is 12.1. The number of hydrogen-bond acceptors (Lipinski definition) is 4. The van der Waals surface area contributed by atoms with E-state index in [9.17, 15) is 9.90 Å². The second-order valence-electron chi connectivity index (χ2n) is 6.33. The van der Waals surface area contributed by atoms with Crippen LogP contribution in [0.4, 0.5) is 0 Å². The Labute approximate surface area is 110 Å². The molecule has 1 aliphatic rings. The minimum absolute atomic E-state index is 0.100. The van der Waals surface area contributed by atoms with Crippen LogP contribution in [-0.4, -0.2) is 73.2 Å². The number of nitrogens with zero attached hydrogens (tertiary/aromatic N) is 2. The molecule has 1 rings (SSSR count). The summed E-state index contributed by atoms with van der Waals surface area (Å²) in [5.41, 5.74) is -0.156. The van der Waals surface area contributed by atoms with E-state index < -0.39 is 6.10 Å². The highest BCUT2D eigenvalue weighted by molar-refractivity contribution is 5.81. The molecule has 5 nitrogen and oxygen atoms in total. The molecule has 1 fully saturated rings. The molecule has 0 aromatic heterocycles. The van der Waals surface area contributed by atoms with Crippen molar-refractivity contribution in [2.45, 2.75) is 32.9 Å². The van der Waals surface area contributed by atoms with Crippen molar-refractivity contribution >= 4 is 5.91 Å². The van der Waals surface area contributed by atoms with Crippen molar-refractivity contribution in [1.82, 2.24) is 15.1 Å². The standard InChI is InChI=1S/C13H27N3O2/c1-13(2,3)11(17)9-16-7-6-14-8-10(16)12(18)15(4)5/h10-11,14,17H,6-9H2,1-5H3. The van der Waals surface area contributed by atoms with Crippen molar-refractivity contribution in [3.63, 3.8) is 0 Å². The topological polar surface area (TPSA) is 55.8 Å². The van der Waals surface area contributed by atoms with Gasteiger partial charge >= 0.3 is 0 Å². The fourth-order valence-corrected chi connectivity index (χ4v) is 2.00. The normalized spacial score (nSPS) is 23.8. The van der Waals surface area contributed by atoms with Crippen LogP contribution in [0.5, 0.6) is 0 Å².